The van der Waals surface area contributed by atoms with Gasteiger partial charge in [-0.3, -0.25) is 13.9 Å². The molecule has 2 atom stereocenters. The first-order valence-electron chi connectivity index (χ1n) is 13.4. The van der Waals surface area contributed by atoms with E-state index in [4.69, 9.17) is 4.74 Å². The first kappa shape index (κ1) is 26.7. The number of hydrogen-bond donors (Lipinski definition) is 0. The Hall–Kier alpha value is -3.51. The number of rotatable bonds is 6. The van der Waals surface area contributed by atoms with Gasteiger partial charge in [-0.25, -0.2) is 9.18 Å². The fourth-order valence-corrected chi connectivity index (χ4v) is 6.00. The number of benzene rings is 1. The summed E-state index contributed by atoms with van der Waals surface area (Å²) in [6, 6.07) is 5.26. The van der Waals surface area contributed by atoms with Crippen molar-refractivity contribution in [2.45, 2.75) is 38.4 Å². The number of piperidine rings is 1. The van der Waals surface area contributed by atoms with Gasteiger partial charge in [-0.2, -0.15) is 13.2 Å². The molecule has 12 heteroatoms. The largest absolute Gasteiger partial charge is 0.418 e. The van der Waals surface area contributed by atoms with E-state index in [-0.39, 0.29) is 23.0 Å². The Labute approximate surface area is 227 Å². The average Bonchev–Trinajstić information content (AvgIpc) is 3.42. The molecule has 2 saturated heterocycles. The highest BCUT2D eigenvalue weighted by Crippen LogP contribution is 2.37. The second-order valence-corrected chi connectivity index (χ2v) is 11.1. The van der Waals surface area contributed by atoms with E-state index in [1.807, 2.05) is 0 Å². The third-order valence-electron chi connectivity index (χ3n) is 7.98. The molecule has 0 saturated carbocycles. The second-order valence-electron chi connectivity index (χ2n) is 11.1. The SMILES string of the molecule is C[C@H]1CCCN(Cc2cc(C(F)(F)F)c3cn(-c4cc(F)cc([C@@H](c5nncn5C)C5COC5)c4)c(=O)n3c2)C1. The molecule has 1 aromatic carbocycles. The maximum absolute atomic E-state index is 15.0. The molecular formula is C28H30F4N6O2. The van der Waals surface area contributed by atoms with E-state index in [1.165, 1.54) is 12.3 Å². The monoisotopic (exact) mass is 558 g/mol. The van der Waals surface area contributed by atoms with Crippen molar-refractivity contribution in [3.8, 4) is 5.69 Å². The molecule has 6 rings (SSSR count). The van der Waals surface area contributed by atoms with Gasteiger partial charge in [0, 0.05) is 38.4 Å². The molecule has 0 radical (unpaired) electrons. The van der Waals surface area contributed by atoms with Crippen LogP contribution in [-0.4, -0.2) is 54.9 Å². The van der Waals surface area contributed by atoms with Crippen LogP contribution in [0.25, 0.3) is 11.2 Å². The van der Waals surface area contributed by atoms with Gasteiger partial charge in [0.05, 0.1) is 35.9 Å². The number of aryl methyl sites for hydroxylation is 1. The topological polar surface area (TPSA) is 69.6 Å². The fraction of sp³-hybridized carbons (Fsp3) is 0.464. The summed E-state index contributed by atoms with van der Waals surface area (Å²) >= 11 is 0. The van der Waals surface area contributed by atoms with E-state index in [0.717, 1.165) is 53.2 Å². The number of imidazole rings is 1. The summed E-state index contributed by atoms with van der Waals surface area (Å²) in [5, 5.41) is 8.17. The molecule has 0 bridgehead atoms. The minimum absolute atomic E-state index is 0.0132. The Balaban J connectivity index is 1.45. The molecule has 0 spiro atoms. The Kier molecular flexibility index (Phi) is 6.78. The molecule has 2 aliphatic rings. The molecular weight excluding hydrogens is 528 g/mol. The van der Waals surface area contributed by atoms with Gasteiger partial charge in [0.1, 0.15) is 18.0 Å². The summed E-state index contributed by atoms with van der Waals surface area (Å²) < 4.78 is 66.9. The van der Waals surface area contributed by atoms with Crippen molar-refractivity contribution in [2.24, 2.45) is 18.9 Å². The maximum Gasteiger partial charge on any atom is 0.418 e. The molecule has 0 unspecified atom stereocenters. The van der Waals surface area contributed by atoms with Gasteiger partial charge in [0.2, 0.25) is 0 Å². The number of nitrogens with zero attached hydrogens (tertiary/aromatic N) is 6. The lowest BCUT2D eigenvalue weighted by molar-refractivity contribution is -0.136. The molecule has 4 aromatic rings. The van der Waals surface area contributed by atoms with Crippen LogP contribution in [0.5, 0.6) is 0 Å². The molecule has 2 fully saturated rings. The first-order chi connectivity index (χ1) is 19.1. The lowest BCUT2D eigenvalue weighted by Gasteiger charge is -2.33. The Bertz CT molecular complexity index is 1600. The molecule has 5 heterocycles. The van der Waals surface area contributed by atoms with E-state index in [1.54, 1.807) is 24.0 Å². The van der Waals surface area contributed by atoms with Crippen LogP contribution in [0.1, 0.15) is 48.2 Å². The minimum atomic E-state index is -4.68. The smallest absolute Gasteiger partial charge is 0.381 e. The predicted octanol–water partition coefficient (Wildman–Crippen LogP) is 4.39. The van der Waals surface area contributed by atoms with Crippen LogP contribution in [0.3, 0.4) is 0 Å². The van der Waals surface area contributed by atoms with Gasteiger partial charge >= 0.3 is 11.9 Å². The van der Waals surface area contributed by atoms with Crippen molar-refractivity contribution in [2.75, 3.05) is 26.3 Å². The Morgan fingerprint density at radius 1 is 1.15 bits per heavy atom. The van der Waals surface area contributed by atoms with Crippen LogP contribution in [0, 0.1) is 17.7 Å². The van der Waals surface area contributed by atoms with Crippen molar-refractivity contribution in [1.82, 2.24) is 28.6 Å². The van der Waals surface area contributed by atoms with E-state index in [9.17, 15) is 18.0 Å². The van der Waals surface area contributed by atoms with Crippen molar-refractivity contribution in [3.05, 3.63) is 81.8 Å². The number of likely N-dealkylation sites (tertiary alicyclic amines) is 1. The molecule has 212 valence electrons. The quantitative estimate of drug-likeness (QED) is 0.329. The number of ether oxygens (including phenoxy) is 1. The first-order valence-corrected chi connectivity index (χ1v) is 13.4. The zero-order valence-corrected chi connectivity index (χ0v) is 22.2. The number of alkyl halides is 3. The lowest BCUT2D eigenvalue weighted by atomic mass is 9.83. The summed E-state index contributed by atoms with van der Waals surface area (Å²) in [5.74, 6) is 0.0997. The molecule has 0 amide bonds. The number of aromatic nitrogens is 5. The van der Waals surface area contributed by atoms with Crippen LogP contribution in [0.4, 0.5) is 17.6 Å². The van der Waals surface area contributed by atoms with Gasteiger partial charge in [0.25, 0.3) is 0 Å². The molecule has 0 N–H and O–H groups in total. The van der Waals surface area contributed by atoms with Crippen LogP contribution in [0.2, 0.25) is 0 Å². The van der Waals surface area contributed by atoms with Gasteiger partial charge < -0.3 is 9.30 Å². The van der Waals surface area contributed by atoms with Crippen LogP contribution in [0.15, 0.2) is 47.8 Å². The van der Waals surface area contributed by atoms with E-state index in [2.05, 4.69) is 22.0 Å². The second kappa shape index (κ2) is 10.2. The summed E-state index contributed by atoms with van der Waals surface area (Å²) in [4.78, 5) is 15.7. The number of pyridine rings is 1. The minimum Gasteiger partial charge on any atom is -0.381 e. The van der Waals surface area contributed by atoms with E-state index in [0.29, 0.717) is 42.6 Å². The van der Waals surface area contributed by atoms with Gasteiger partial charge in [-0.05, 0) is 60.7 Å². The fourth-order valence-electron chi connectivity index (χ4n) is 6.00. The molecule has 2 aliphatic heterocycles. The zero-order valence-electron chi connectivity index (χ0n) is 22.2. The number of halogens is 4. The maximum atomic E-state index is 15.0. The zero-order chi connectivity index (χ0) is 28.2. The molecule has 0 aliphatic carbocycles. The third-order valence-corrected chi connectivity index (χ3v) is 7.98. The summed E-state index contributed by atoms with van der Waals surface area (Å²) in [6.07, 6.45) is 1.55. The standard InChI is InChI=1S/C28H30F4N6O2/c1-17-4-3-5-36(10-17)11-18-6-23(28(30,31)32)24-13-37(27(39)38(24)12-18)22-8-19(7-21(29)9-22)25(20-14-40-15-20)26-34-33-16-35(26)2/h6-9,12-13,16-17,20,25H,3-5,10-11,14-15H2,1-2H3/t17-,25+/m0/s1. The molecule has 3 aromatic heterocycles. The summed E-state index contributed by atoms with van der Waals surface area (Å²) in [7, 11) is 1.79. The summed E-state index contributed by atoms with van der Waals surface area (Å²) in [5.41, 5.74) is -0.801. The van der Waals surface area contributed by atoms with Gasteiger partial charge in [-0.15, -0.1) is 10.2 Å². The highest BCUT2D eigenvalue weighted by atomic mass is 19.4. The Morgan fingerprint density at radius 3 is 2.60 bits per heavy atom. The third kappa shape index (κ3) is 4.94. The van der Waals surface area contributed by atoms with Crippen LogP contribution in [-0.2, 0) is 24.5 Å². The van der Waals surface area contributed by atoms with Crippen molar-refractivity contribution in [1.29, 1.82) is 0 Å². The van der Waals surface area contributed by atoms with Crippen LogP contribution < -0.4 is 5.69 Å². The highest BCUT2D eigenvalue weighted by Gasteiger charge is 2.36. The summed E-state index contributed by atoms with van der Waals surface area (Å²) in [6.45, 7) is 4.93. The van der Waals surface area contributed by atoms with Crippen LogP contribution >= 0.6 is 0 Å². The van der Waals surface area contributed by atoms with Crippen molar-refractivity contribution < 1.29 is 22.3 Å². The lowest BCUT2D eigenvalue weighted by Crippen LogP contribution is -2.35. The van der Waals surface area contributed by atoms with E-state index < -0.39 is 23.2 Å². The van der Waals surface area contributed by atoms with Gasteiger partial charge in [-0.1, -0.05) is 6.92 Å². The molecule has 8 nitrogen and oxygen atoms in total. The average molecular weight is 559 g/mol. The van der Waals surface area contributed by atoms with Crippen molar-refractivity contribution in [3.63, 3.8) is 0 Å². The van der Waals surface area contributed by atoms with Crippen molar-refractivity contribution >= 4 is 5.52 Å². The van der Waals surface area contributed by atoms with E-state index >= 15 is 4.39 Å². The highest BCUT2D eigenvalue weighted by molar-refractivity contribution is 5.58. The van der Waals surface area contributed by atoms with Gasteiger partial charge in [0.15, 0.2) is 0 Å². The number of hydrogen-bond acceptors (Lipinski definition) is 5. The normalized spacial score (nSPS) is 19.7. The Morgan fingerprint density at radius 2 is 1.95 bits per heavy atom. The predicted molar refractivity (Wildman–Crippen MR) is 139 cm³/mol. The molecule has 40 heavy (non-hydrogen) atoms. The number of fused-ring (bicyclic) bond motifs is 1.